The Hall–Kier alpha value is -1.93. The summed E-state index contributed by atoms with van der Waals surface area (Å²) in [6.07, 6.45) is -0.350. The summed E-state index contributed by atoms with van der Waals surface area (Å²) in [5.74, 6) is 0.744. The van der Waals surface area contributed by atoms with Gasteiger partial charge in [0.1, 0.15) is 5.75 Å². The fraction of sp³-hybridized carbons (Fsp3) is 0.368. The third-order valence-electron chi connectivity index (χ3n) is 4.13. The molecule has 26 heavy (non-hydrogen) atoms. The van der Waals surface area contributed by atoms with Gasteiger partial charge in [-0.05, 0) is 37.6 Å². The summed E-state index contributed by atoms with van der Waals surface area (Å²) in [5, 5.41) is 0. The Bertz CT molecular complexity index is 814. The lowest BCUT2D eigenvalue weighted by Gasteiger charge is -2.30. The van der Waals surface area contributed by atoms with Crippen molar-refractivity contribution in [2.24, 2.45) is 0 Å². The minimum absolute atomic E-state index is 0.0494. The van der Waals surface area contributed by atoms with Crippen molar-refractivity contribution < 1.29 is 26.8 Å². The van der Waals surface area contributed by atoms with Crippen molar-refractivity contribution in [2.75, 3.05) is 20.3 Å². The van der Waals surface area contributed by atoms with E-state index in [0.29, 0.717) is 13.0 Å². The highest BCUT2D eigenvalue weighted by atomic mass is 32.2. The van der Waals surface area contributed by atoms with Crippen LogP contribution in [-0.2, 0) is 23.8 Å². The molecule has 2 atom stereocenters. The van der Waals surface area contributed by atoms with Crippen LogP contribution in [0.4, 0.5) is 0 Å². The van der Waals surface area contributed by atoms with E-state index in [1.165, 1.54) is 12.1 Å². The molecule has 3 rings (SSSR count). The van der Waals surface area contributed by atoms with Gasteiger partial charge in [-0.1, -0.05) is 29.8 Å². The molecule has 0 N–H and O–H groups in total. The van der Waals surface area contributed by atoms with Gasteiger partial charge in [0.25, 0.3) is 10.1 Å². The van der Waals surface area contributed by atoms with Crippen molar-refractivity contribution in [1.82, 2.24) is 0 Å². The van der Waals surface area contributed by atoms with E-state index in [1.54, 1.807) is 19.2 Å². The van der Waals surface area contributed by atoms with E-state index in [0.717, 1.165) is 16.9 Å². The number of hydrogen-bond acceptors (Lipinski definition) is 6. The average Bonchev–Trinajstić information content (AvgIpc) is 2.67. The molecule has 2 aromatic rings. The normalized spacial score (nSPS) is 20.7. The molecular formula is C19H22O6S. The summed E-state index contributed by atoms with van der Waals surface area (Å²) in [6, 6.07) is 13.9. The van der Waals surface area contributed by atoms with E-state index in [-0.39, 0.29) is 17.6 Å². The third kappa shape index (κ3) is 4.62. The van der Waals surface area contributed by atoms with Crippen LogP contribution in [0.15, 0.2) is 53.4 Å². The summed E-state index contributed by atoms with van der Waals surface area (Å²) in [4.78, 5) is 0.141. The first kappa shape index (κ1) is 18.8. The van der Waals surface area contributed by atoms with E-state index in [9.17, 15) is 8.42 Å². The Morgan fingerprint density at radius 1 is 1.08 bits per heavy atom. The Labute approximate surface area is 153 Å². The molecule has 1 saturated heterocycles. The monoisotopic (exact) mass is 378 g/mol. The van der Waals surface area contributed by atoms with Crippen LogP contribution in [-0.4, -0.2) is 34.8 Å². The SMILES string of the molecule is COc1ccc([C@H]2OCC[C@@H](COS(=O)(=O)c3ccc(C)cc3)O2)cc1. The van der Waals surface area contributed by atoms with Crippen LogP contribution in [0, 0.1) is 6.92 Å². The van der Waals surface area contributed by atoms with E-state index in [2.05, 4.69) is 0 Å². The van der Waals surface area contributed by atoms with Gasteiger partial charge >= 0.3 is 0 Å². The zero-order valence-electron chi connectivity index (χ0n) is 14.8. The molecule has 0 spiro atoms. The molecule has 0 bridgehead atoms. The fourth-order valence-corrected chi connectivity index (χ4v) is 3.52. The van der Waals surface area contributed by atoms with Crippen LogP contribution >= 0.6 is 0 Å². The highest BCUT2D eigenvalue weighted by Crippen LogP contribution is 2.28. The van der Waals surface area contributed by atoms with Crippen molar-refractivity contribution in [3.05, 3.63) is 59.7 Å². The number of hydrogen-bond donors (Lipinski definition) is 0. The molecule has 1 heterocycles. The molecule has 0 radical (unpaired) electrons. The van der Waals surface area contributed by atoms with Gasteiger partial charge in [0, 0.05) is 5.56 Å². The Morgan fingerprint density at radius 2 is 1.77 bits per heavy atom. The first-order valence-electron chi connectivity index (χ1n) is 8.35. The van der Waals surface area contributed by atoms with Gasteiger partial charge in [0.05, 0.1) is 31.3 Å². The number of benzene rings is 2. The van der Waals surface area contributed by atoms with Gasteiger partial charge in [-0.25, -0.2) is 0 Å². The standard InChI is InChI=1S/C19H22O6S/c1-14-3-9-18(10-4-14)26(20,21)24-13-17-11-12-23-19(25-17)15-5-7-16(22-2)8-6-15/h3-10,17,19H,11-13H2,1-2H3/t17-,19-/m0/s1. The Morgan fingerprint density at radius 3 is 2.42 bits per heavy atom. The van der Waals surface area contributed by atoms with Crippen molar-refractivity contribution in [3.63, 3.8) is 0 Å². The van der Waals surface area contributed by atoms with Crippen molar-refractivity contribution >= 4 is 10.1 Å². The number of aryl methyl sites for hydroxylation is 1. The molecular weight excluding hydrogens is 356 g/mol. The molecule has 1 fully saturated rings. The Balaban J connectivity index is 1.60. The Kier molecular flexibility index (Phi) is 5.93. The van der Waals surface area contributed by atoms with Gasteiger partial charge in [0.2, 0.25) is 0 Å². The second kappa shape index (κ2) is 8.18. The van der Waals surface area contributed by atoms with Crippen LogP contribution in [0.5, 0.6) is 5.75 Å². The van der Waals surface area contributed by atoms with Gasteiger partial charge in [0.15, 0.2) is 6.29 Å². The highest BCUT2D eigenvalue weighted by Gasteiger charge is 2.27. The summed E-state index contributed by atoms with van der Waals surface area (Å²) >= 11 is 0. The van der Waals surface area contributed by atoms with E-state index >= 15 is 0 Å². The lowest BCUT2D eigenvalue weighted by molar-refractivity contribution is -0.222. The maximum atomic E-state index is 12.3. The van der Waals surface area contributed by atoms with Crippen LogP contribution in [0.2, 0.25) is 0 Å². The highest BCUT2D eigenvalue weighted by molar-refractivity contribution is 7.86. The molecule has 7 heteroatoms. The zero-order chi connectivity index (χ0) is 18.6. The fourth-order valence-electron chi connectivity index (χ4n) is 2.59. The molecule has 1 aliphatic rings. The van der Waals surface area contributed by atoms with E-state index in [4.69, 9.17) is 18.4 Å². The minimum atomic E-state index is -3.80. The molecule has 6 nitrogen and oxygen atoms in total. The van der Waals surface area contributed by atoms with Crippen LogP contribution in [0.3, 0.4) is 0 Å². The lowest BCUT2D eigenvalue weighted by Crippen LogP contribution is -2.31. The second-order valence-corrected chi connectivity index (χ2v) is 7.69. The predicted octanol–water partition coefficient (Wildman–Crippen LogP) is 3.21. The summed E-state index contributed by atoms with van der Waals surface area (Å²) < 4.78 is 46.4. The van der Waals surface area contributed by atoms with Gasteiger partial charge in [-0.15, -0.1) is 0 Å². The summed E-state index contributed by atoms with van der Waals surface area (Å²) in [5.41, 5.74) is 1.83. The molecule has 0 aromatic heterocycles. The van der Waals surface area contributed by atoms with Crippen molar-refractivity contribution in [1.29, 1.82) is 0 Å². The average molecular weight is 378 g/mol. The number of rotatable bonds is 6. The van der Waals surface area contributed by atoms with Crippen LogP contribution < -0.4 is 4.74 Å². The molecule has 0 saturated carbocycles. The largest absolute Gasteiger partial charge is 0.497 e. The lowest BCUT2D eigenvalue weighted by atomic mass is 10.2. The molecule has 0 amide bonds. The molecule has 2 aromatic carbocycles. The van der Waals surface area contributed by atoms with Crippen LogP contribution in [0.1, 0.15) is 23.8 Å². The molecule has 0 aliphatic carbocycles. The topological polar surface area (TPSA) is 71.1 Å². The first-order valence-corrected chi connectivity index (χ1v) is 9.76. The molecule has 0 unspecified atom stereocenters. The first-order chi connectivity index (χ1) is 12.5. The van der Waals surface area contributed by atoms with E-state index < -0.39 is 16.4 Å². The second-order valence-electron chi connectivity index (χ2n) is 6.07. The van der Waals surface area contributed by atoms with Crippen molar-refractivity contribution in [2.45, 2.75) is 30.6 Å². The van der Waals surface area contributed by atoms with Crippen molar-refractivity contribution in [3.8, 4) is 5.75 Å². The van der Waals surface area contributed by atoms with Gasteiger partial charge < -0.3 is 14.2 Å². The summed E-state index contributed by atoms with van der Waals surface area (Å²) in [6.45, 7) is 2.31. The van der Waals surface area contributed by atoms with Crippen LogP contribution in [0.25, 0.3) is 0 Å². The van der Waals surface area contributed by atoms with Gasteiger partial charge in [-0.2, -0.15) is 8.42 Å². The van der Waals surface area contributed by atoms with Gasteiger partial charge in [-0.3, -0.25) is 4.18 Å². The quantitative estimate of drug-likeness (QED) is 0.719. The molecule has 140 valence electrons. The summed E-state index contributed by atoms with van der Waals surface area (Å²) in [7, 11) is -2.20. The zero-order valence-corrected chi connectivity index (χ0v) is 15.6. The maximum absolute atomic E-state index is 12.3. The third-order valence-corrected chi connectivity index (χ3v) is 5.43. The maximum Gasteiger partial charge on any atom is 0.297 e. The predicted molar refractivity (Wildman–Crippen MR) is 95.5 cm³/mol. The van der Waals surface area contributed by atoms with E-state index in [1.807, 2.05) is 31.2 Å². The minimum Gasteiger partial charge on any atom is -0.497 e. The smallest absolute Gasteiger partial charge is 0.297 e. The number of methoxy groups -OCH3 is 1. The number of ether oxygens (including phenoxy) is 3. The molecule has 1 aliphatic heterocycles.